The van der Waals surface area contributed by atoms with Gasteiger partial charge in [-0.15, -0.1) is 0 Å². The second-order valence-electron chi connectivity index (χ2n) is 14.6. The van der Waals surface area contributed by atoms with E-state index in [-0.39, 0.29) is 18.9 Å². The Labute approximate surface area is 311 Å². The first kappa shape index (κ1) is 44.0. The molecule has 10 heteroatoms. The van der Waals surface area contributed by atoms with Crippen molar-refractivity contribution in [3.63, 3.8) is 0 Å². The quantitative estimate of drug-likeness (QED) is 0.0582. The number of amides is 1. The average molecular weight is 730 g/mol. The van der Waals surface area contributed by atoms with E-state index in [9.17, 15) is 35.4 Å². The molecule has 2 aromatic rings. The Kier molecular flexibility index (Phi) is 21.6. The summed E-state index contributed by atoms with van der Waals surface area (Å²) in [6.45, 7) is 1.30. The van der Waals surface area contributed by atoms with E-state index in [0.29, 0.717) is 12.8 Å². The zero-order chi connectivity index (χ0) is 37.6. The Morgan fingerprint density at radius 3 is 1.92 bits per heavy atom. The van der Waals surface area contributed by atoms with Crippen molar-refractivity contribution >= 4 is 5.91 Å². The topological polar surface area (TPSA) is 169 Å². The smallest absolute Gasteiger partial charge is 0.220 e. The molecule has 0 saturated carbocycles. The number of aliphatic hydroxyl groups excluding tert-OH is 6. The van der Waals surface area contributed by atoms with Crippen LogP contribution in [0.1, 0.15) is 122 Å². The maximum absolute atomic E-state index is 13.0. The van der Waals surface area contributed by atoms with Crippen LogP contribution in [0, 0.1) is 0 Å². The molecular weight excluding hydrogens is 662 g/mol. The number of carbonyl (C=O) groups excluding carboxylic acids is 1. The van der Waals surface area contributed by atoms with Gasteiger partial charge in [0.2, 0.25) is 5.91 Å². The molecule has 1 aliphatic heterocycles. The minimum Gasteiger partial charge on any atom is -0.394 e. The third-order valence-electron chi connectivity index (χ3n) is 10.2. The maximum Gasteiger partial charge on any atom is 0.220 e. The number of rotatable bonds is 27. The summed E-state index contributed by atoms with van der Waals surface area (Å²) in [5, 5.41) is 65.0. The van der Waals surface area contributed by atoms with Crippen LogP contribution >= 0.6 is 0 Å². The number of unbranched alkanes of at least 4 members (excludes halogenated alkanes) is 13. The number of hydrogen-bond acceptors (Lipinski definition) is 9. The van der Waals surface area contributed by atoms with Crippen molar-refractivity contribution in [2.75, 3.05) is 13.2 Å². The molecule has 0 bridgehead atoms. The van der Waals surface area contributed by atoms with E-state index in [1.54, 1.807) is 0 Å². The summed E-state index contributed by atoms with van der Waals surface area (Å²) in [4.78, 5) is 13.0. The van der Waals surface area contributed by atoms with Crippen LogP contribution in [0.25, 0.3) is 11.1 Å². The summed E-state index contributed by atoms with van der Waals surface area (Å²) in [7, 11) is 0. The predicted octanol–water partition coefficient (Wildman–Crippen LogP) is 5.57. The highest BCUT2D eigenvalue weighted by Crippen LogP contribution is 2.23. The molecule has 1 amide bonds. The summed E-state index contributed by atoms with van der Waals surface area (Å²) in [5.74, 6) is -0.300. The summed E-state index contributed by atoms with van der Waals surface area (Å²) >= 11 is 0. The molecule has 1 aliphatic rings. The van der Waals surface area contributed by atoms with Gasteiger partial charge in [0.05, 0.1) is 25.4 Å². The number of ether oxygens (including phenoxy) is 2. The molecular formula is C42H67NO9. The lowest BCUT2D eigenvalue weighted by molar-refractivity contribution is -0.303. The molecule has 1 heterocycles. The maximum atomic E-state index is 13.0. The summed E-state index contributed by atoms with van der Waals surface area (Å²) in [6, 6.07) is 17.7. The number of aliphatic hydroxyl groups is 6. The second-order valence-corrected chi connectivity index (χ2v) is 14.6. The molecule has 10 nitrogen and oxygen atoms in total. The van der Waals surface area contributed by atoms with Gasteiger partial charge in [0.1, 0.15) is 30.5 Å². The minimum atomic E-state index is -1.62. The van der Waals surface area contributed by atoms with Crippen molar-refractivity contribution in [3.05, 3.63) is 60.2 Å². The van der Waals surface area contributed by atoms with Crippen molar-refractivity contribution in [2.45, 2.75) is 171 Å². The minimum absolute atomic E-state index is 0.227. The van der Waals surface area contributed by atoms with Crippen LogP contribution in [0.3, 0.4) is 0 Å². The first-order valence-corrected chi connectivity index (χ1v) is 20.0. The van der Waals surface area contributed by atoms with E-state index in [2.05, 4.69) is 48.6 Å². The second kappa shape index (κ2) is 25.6. The molecule has 1 saturated heterocycles. The van der Waals surface area contributed by atoms with Gasteiger partial charge in [0, 0.05) is 6.42 Å². The molecule has 0 aliphatic carbocycles. The zero-order valence-electron chi connectivity index (χ0n) is 31.4. The van der Waals surface area contributed by atoms with E-state index < -0.39 is 55.6 Å². The van der Waals surface area contributed by atoms with Gasteiger partial charge in [0.25, 0.3) is 0 Å². The van der Waals surface area contributed by atoms with E-state index in [1.807, 2.05) is 18.2 Å². The number of hydrogen-bond donors (Lipinski definition) is 7. The van der Waals surface area contributed by atoms with Crippen molar-refractivity contribution in [2.24, 2.45) is 0 Å². The lowest BCUT2D eigenvalue weighted by Gasteiger charge is -2.40. The van der Waals surface area contributed by atoms with Gasteiger partial charge < -0.3 is 45.4 Å². The lowest BCUT2D eigenvalue weighted by atomic mass is 9.98. The fourth-order valence-electron chi connectivity index (χ4n) is 6.83. The van der Waals surface area contributed by atoms with Gasteiger partial charge in [-0.05, 0) is 42.4 Å². The number of aryl methyl sites for hydroxylation is 1. The molecule has 0 radical (unpaired) electrons. The standard InChI is InChI=1S/C42H67NO9/c1-2-3-4-5-6-7-8-9-10-11-12-18-23-35(45)38(47)34(30-51-42-41(50)40(49)39(48)36(29-44)52-42)43-37(46)24-19-13-15-20-31-25-27-33(28-26-31)32-21-16-14-17-22-32/h14,16-17,21-22,25-28,34-36,38-42,44-45,47-50H,2-13,15,18-20,23-24,29-30H2,1H3,(H,43,46)/t34-,35+,36?,38-,39?,40?,41?,42?/m0/s1. The van der Waals surface area contributed by atoms with E-state index >= 15 is 0 Å². The number of nitrogens with one attached hydrogen (secondary N) is 1. The Balaban J connectivity index is 1.42. The summed E-state index contributed by atoms with van der Waals surface area (Å²) in [5.41, 5.74) is 3.59. The van der Waals surface area contributed by atoms with Crippen LogP contribution < -0.4 is 5.32 Å². The highest BCUT2D eigenvalue weighted by atomic mass is 16.7. The Morgan fingerprint density at radius 2 is 1.31 bits per heavy atom. The molecule has 5 unspecified atom stereocenters. The first-order valence-electron chi connectivity index (χ1n) is 20.0. The molecule has 2 aromatic carbocycles. The van der Waals surface area contributed by atoms with Crippen molar-refractivity contribution in [1.29, 1.82) is 0 Å². The van der Waals surface area contributed by atoms with Crippen LogP contribution in [0.15, 0.2) is 54.6 Å². The fraction of sp³-hybridized carbons (Fsp3) is 0.690. The average Bonchev–Trinajstić information content (AvgIpc) is 3.16. The van der Waals surface area contributed by atoms with Gasteiger partial charge in [0.15, 0.2) is 6.29 Å². The zero-order valence-corrected chi connectivity index (χ0v) is 31.4. The SMILES string of the molecule is CCCCCCCCCCCCCC[C@@H](O)[C@@H](O)[C@H](COC1OC(CO)C(O)C(O)C1O)NC(=O)CCCCCc1ccc(-c2ccccc2)cc1. The Bertz CT molecular complexity index is 1200. The summed E-state index contributed by atoms with van der Waals surface area (Å²) in [6.07, 6.45) is 8.30. The fourth-order valence-corrected chi connectivity index (χ4v) is 6.83. The van der Waals surface area contributed by atoms with Gasteiger partial charge in [-0.3, -0.25) is 4.79 Å². The van der Waals surface area contributed by atoms with Crippen LogP contribution in [0.2, 0.25) is 0 Å². The molecule has 1 fully saturated rings. The van der Waals surface area contributed by atoms with Gasteiger partial charge in [-0.1, -0.05) is 145 Å². The van der Waals surface area contributed by atoms with Crippen LogP contribution in [0.4, 0.5) is 0 Å². The van der Waals surface area contributed by atoms with Crippen LogP contribution in [-0.4, -0.2) is 98.7 Å². The van der Waals surface area contributed by atoms with Gasteiger partial charge >= 0.3 is 0 Å². The van der Waals surface area contributed by atoms with Crippen molar-refractivity contribution in [3.8, 4) is 11.1 Å². The number of carbonyl (C=O) groups is 1. The monoisotopic (exact) mass is 729 g/mol. The molecule has 8 atom stereocenters. The molecule has 0 aromatic heterocycles. The molecule has 0 spiro atoms. The largest absolute Gasteiger partial charge is 0.394 e. The van der Waals surface area contributed by atoms with E-state index in [0.717, 1.165) is 44.9 Å². The highest BCUT2D eigenvalue weighted by molar-refractivity contribution is 5.76. The highest BCUT2D eigenvalue weighted by Gasteiger charge is 2.44. The Morgan fingerprint density at radius 1 is 0.731 bits per heavy atom. The predicted molar refractivity (Wildman–Crippen MR) is 203 cm³/mol. The van der Waals surface area contributed by atoms with Gasteiger partial charge in [-0.25, -0.2) is 0 Å². The van der Waals surface area contributed by atoms with Crippen LogP contribution in [-0.2, 0) is 20.7 Å². The van der Waals surface area contributed by atoms with Crippen molar-refractivity contribution in [1.82, 2.24) is 5.32 Å². The van der Waals surface area contributed by atoms with E-state index in [1.165, 1.54) is 68.1 Å². The molecule has 52 heavy (non-hydrogen) atoms. The third-order valence-corrected chi connectivity index (χ3v) is 10.2. The first-order chi connectivity index (χ1) is 25.2. The summed E-state index contributed by atoms with van der Waals surface area (Å²) < 4.78 is 11.1. The molecule has 294 valence electrons. The van der Waals surface area contributed by atoms with Crippen molar-refractivity contribution < 1.29 is 44.9 Å². The number of benzene rings is 2. The Hall–Kier alpha value is -2.41. The van der Waals surface area contributed by atoms with Gasteiger partial charge in [-0.2, -0.15) is 0 Å². The van der Waals surface area contributed by atoms with E-state index in [4.69, 9.17) is 9.47 Å². The molecule has 3 rings (SSSR count). The third kappa shape index (κ3) is 15.9. The normalized spacial score (nSPS) is 22.2. The lowest BCUT2D eigenvalue weighted by Crippen LogP contribution is -2.60. The van der Waals surface area contributed by atoms with Crippen LogP contribution in [0.5, 0.6) is 0 Å². The molecule has 7 N–H and O–H groups in total.